The van der Waals surface area contributed by atoms with Crippen LogP contribution in [0.25, 0.3) is 0 Å². The number of nitriles is 1. The predicted octanol–water partition coefficient (Wildman–Crippen LogP) is 2.29. The molecule has 0 saturated carbocycles. The van der Waals surface area contributed by atoms with Crippen LogP contribution in [0.15, 0.2) is 0 Å². The summed E-state index contributed by atoms with van der Waals surface area (Å²) in [6.45, 7) is 9.39. The maximum absolute atomic E-state index is 8.94. The maximum Gasteiger partial charge on any atom is 0.0683 e. The van der Waals surface area contributed by atoms with Crippen LogP contribution in [0.1, 0.15) is 43.6 Å². The Morgan fingerprint density at radius 2 is 2.06 bits per heavy atom. The number of rotatable bonds is 5. The molecule has 1 aromatic heterocycles. The number of nitrogens with zero attached hydrogens (tertiary/aromatic N) is 3. The Labute approximate surface area is 103 Å². The van der Waals surface area contributed by atoms with Gasteiger partial charge in [-0.2, -0.15) is 10.4 Å². The second-order valence-electron chi connectivity index (χ2n) is 5.18. The number of aromatic nitrogens is 2. The molecule has 0 radical (unpaired) electrons. The van der Waals surface area contributed by atoms with Crippen LogP contribution in [0.5, 0.6) is 0 Å². The second kappa shape index (κ2) is 5.33. The van der Waals surface area contributed by atoms with Gasteiger partial charge in [0.2, 0.25) is 0 Å². The van der Waals surface area contributed by atoms with Gasteiger partial charge >= 0.3 is 0 Å². The zero-order chi connectivity index (χ0) is 13.1. The number of hydrogen-bond acceptors (Lipinski definition) is 3. The van der Waals surface area contributed by atoms with Crippen LogP contribution in [0.4, 0.5) is 0 Å². The summed E-state index contributed by atoms with van der Waals surface area (Å²) in [4.78, 5) is 0. The van der Waals surface area contributed by atoms with Crippen molar-refractivity contribution in [2.75, 3.05) is 0 Å². The summed E-state index contributed by atoms with van der Waals surface area (Å²) in [5, 5.41) is 13.4. The van der Waals surface area contributed by atoms with E-state index in [-0.39, 0.29) is 5.41 Å². The van der Waals surface area contributed by atoms with Crippen LogP contribution in [0, 0.1) is 30.6 Å². The van der Waals surface area contributed by atoms with Crippen LogP contribution in [-0.2, 0) is 13.1 Å². The van der Waals surface area contributed by atoms with Gasteiger partial charge in [0.1, 0.15) is 0 Å². The zero-order valence-corrected chi connectivity index (χ0v) is 11.2. The fourth-order valence-electron chi connectivity index (χ4n) is 1.97. The maximum atomic E-state index is 8.94. The monoisotopic (exact) mass is 234 g/mol. The van der Waals surface area contributed by atoms with Gasteiger partial charge in [-0.1, -0.05) is 0 Å². The molecule has 1 heterocycles. The van der Waals surface area contributed by atoms with E-state index >= 15 is 0 Å². The lowest BCUT2D eigenvalue weighted by Gasteiger charge is -2.14. The normalized spacial score (nSPS) is 11.5. The number of aryl methyl sites for hydroxylation is 2. The Morgan fingerprint density at radius 3 is 2.53 bits per heavy atom. The Bertz CT molecular complexity index is 423. The summed E-state index contributed by atoms with van der Waals surface area (Å²) in [5.41, 5.74) is 8.76. The first-order valence-electron chi connectivity index (χ1n) is 6.05. The average molecular weight is 234 g/mol. The van der Waals surface area contributed by atoms with Gasteiger partial charge < -0.3 is 5.73 Å². The molecule has 0 saturated heterocycles. The summed E-state index contributed by atoms with van der Waals surface area (Å²) in [6, 6.07) is 2.32. The van der Waals surface area contributed by atoms with E-state index < -0.39 is 0 Å². The highest BCUT2D eigenvalue weighted by Crippen LogP contribution is 2.21. The van der Waals surface area contributed by atoms with E-state index in [1.54, 1.807) is 0 Å². The van der Waals surface area contributed by atoms with Crippen molar-refractivity contribution in [3.05, 3.63) is 17.0 Å². The highest BCUT2D eigenvalue weighted by molar-refractivity contribution is 5.23. The Hall–Kier alpha value is -1.34. The lowest BCUT2D eigenvalue weighted by Crippen LogP contribution is -2.11. The molecule has 1 rings (SSSR count). The topological polar surface area (TPSA) is 67.6 Å². The van der Waals surface area contributed by atoms with Crippen LogP contribution in [-0.4, -0.2) is 9.78 Å². The first-order chi connectivity index (χ1) is 7.91. The minimum atomic E-state index is -0.243. The van der Waals surface area contributed by atoms with E-state index in [1.165, 1.54) is 0 Å². The molecular formula is C13H22N4. The summed E-state index contributed by atoms with van der Waals surface area (Å²) in [7, 11) is 0. The van der Waals surface area contributed by atoms with E-state index in [0.717, 1.165) is 36.3 Å². The fraction of sp³-hybridized carbons (Fsp3) is 0.692. The first kappa shape index (κ1) is 13.7. The van der Waals surface area contributed by atoms with Gasteiger partial charge in [-0.05, 0) is 40.5 Å². The van der Waals surface area contributed by atoms with Gasteiger partial charge in [-0.3, -0.25) is 4.68 Å². The summed E-state index contributed by atoms with van der Waals surface area (Å²) < 4.78 is 2.00. The van der Waals surface area contributed by atoms with Gasteiger partial charge in [0.25, 0.3) is 0 Å². The second-order valence-corrected chi connectivity index (χ2v) is 5.18. The van der Waals surface area contributed by atoms with Gasteiger partial charge in [0, 0.05) is 24.3 Å². The molecule has 0 spiro atoms. The molecular weight excluding hydrogens is 212 g/mol. The van der Waals surface area contributed by atoms with Crippen molar-refractivity contribution >= 4 is 0 Å². The Kier molecular flexibility index (Phi) is 4.30. The molecule has 0 aliphatic rings. The molecule has 0 unspecified atom stereocenters. The molecule has 4 heteroatoms. The van der Waals surface area contributed by atoms with E-state index in [0.29, 0.717) is 6.54 Å². The molecule has 17 heavy (non-hydrogen) atoms. The standard InChI is InChI=1S/C13H22N4/c1-10-12(8-14)11(2)17(16-10)7-5-6-13(3,4)9-15/h5-8,14H2,1-4H3. The molecule has 2 N–H and O–H groups in total. The SMILES string of the molecule is Cc1nn(CCCC(C)(C)C#N)c(C)c1CN. The Morgan fingerprint density at radius 1 is 1.41 bits per heavy atom. The third-order valence-electron chi connectivity index (χ3n) is 3.21. The van der Waals surface area contributed by atoms with Gasteiger partial charge in [0.15, 0.2) is 0 Å². The van der Waals surface area contributed by atoms with Crippen molar-refractivity contribution in [2.45, 2.75) is 53.6 Å². The first-order valence-corrected chi connectivity index (χ1v) is 6.05. The summed E-state index contributed by atoms with van der Waals surface area (Å²) in [5.74, 6) is 0. The molecule has 0 fully saturated rings. The molecule has 1 aromatic rings. The summed E-state index contributed by atoms with van der Waals surface area (Å²) >= 11 is 0. The number of nitrogens with two attached hydrogens (primary N) is 1. The van der Waals surface area contributed by atoms with Crippen molar-refractivity contribution in [3.63, 3.8) is 0 Å². The molecule has 94 valence electrons. The molecule has 0 bridgehead atoms. The van der Waals surface area contributed by atoms with Crippen molar-refractivity contribution in [1.82, 2.24) is 9.78 Å². The molecule has 4 nitrogen and oxygen atoms in total. The highest BCUT2D eigenvalue weighted by atomic mass is 15.3. The molecule has 0 aromatic carbocycles. The van der Waals surface area contributed by atoms with E-state index in [4.69, 9.17) is 11.0 Å². The van der Waals surface area contributed by atoms with Crippen molar-refractivity contribution in [3.8, 4) is 6.07 Å². The minimum absolute atomic E-state index is 0.243. The van der Waals surface area contributed by atoms with Gasteiger partial charge in [-0.15, -0.1) is 0 Å². The van der Waals surface area contributed by atoms with Gasteiger partial charge in [-0.25, -0.2) is 0 Å². The largest absolute Gasteiger partial charge is 0.326 e. The smallest absolute Gasteiger partial charge is 0.0683 e. The fourth-order valence-corrected chi connectivity index (χ4v) is 1.97. The third-order valence-corrected chi connectivity index (χ3v) is 3.21. The lowest BCUT2D eigenvalue weighted by molar-refractivity contribution is 0.404. The summed E-state index contributed by atoms with van der Waals surface area (Å²) in [6.07, 6.45) is 1.85. The van der Waals surface area contributed by atoms with Crippen molar-refractivity contribution in [1.29, 1.82) is 5.26 Å². The molecule has 0 amide bonds. The predicted molar refractivity (Wildman–Crippen MR) is 68.2 cm³/mol. The van der Waals surface area contributed by atoms with Crippen LogP contribution < -0.4 is 5.73 Å². The average Bonchev–Trinajstić information content (AvgIpc) is 2.54. The van der Waals surface area contributed by atoms with Crippen molar-refractivity contribution < 1.29 is 0 Å². The van der Waals surface area contributed by atoms with Crippen LogP contribution >= 0.6 is 0 Å². The lowest BCUT2D eigenvalue weighted by atomic mass is 9.90. The van der Waals surface area contributed by atoms with Crippen molar-refractivity contribution in [2.24, 2.45) is 11.1 Å². The zero-order valence-electron chi connectivity index (χ0n) is 11.2. The van der Waals surface area contributed by atoms with E-state index in [2.05, 4.69) is 18.1 Å². The molecule has 0 atom stereocenters. The Balaban J connectivity index is 2.62. The minimum Gasteiger partial charge on any atom is -0.326 e. The molecule has 0 aliphatic carbocycles. The van der Waals surface area contributed by atoms with Gasteiger partial charge in [0.05, 0.1) is 17.2 Å². The molecule has 0 aliphatic heterocycles. The van der Waals surface area contributed by atoms with E-state index in [9.17, 15) is 0 Å². The van der Waals surface area contributed by atoms with Crippen LogP contribution in [0.3, 0.4) is 0 Å². The van der Waals surface area contributed by atoms with Crippen LogP contribution in [0.2, 0.25) is 0 Å². The number of hydrogen-bond donors (Lipinski definition) is 1. The van der Waals surface area contributed by atoms with E-state index in [1.807, 2.05) is 25.5 Å². The quantitative estimate of drug-likeness (QED) is 0.850. The highest BCUT2D eigenvalue weighted by Gasteiger charge is 2.16. The third kappa shape index (κ3) is 3.31.